The van der Waals surface area contributed by atoms with Gasteiger partial charge in [0, 0.05) is 6.07 Å². The van der Waals surface area contributed by atoms with Gasteiger partial charge in [-0.3, -0.25) is 0 Å². The highest BCUT2D eigenvalue weighted by molar-refractivity contribution is 6.99. The van der Waals surface area contributed by atoms with Crippen LogP contribution < -0.4 is 4.57 Å². The lowest BCUT2D eigenvalue weighted by molar-refractivity contribution is -0.671. The Balaban J connectivity index is 2.48. The SMILES string of the molecule is C[n+]1cccc(-c2cnsn2)c1. The lowest BCUT2D eigenvalue weighted by Crippen LogP contribution is -2.26. The summed E-state index contributed by atoms with van der Waals surface area (Å²) in [5.41, 5.74) is 2.05. The molecular weight excluding hydrogens is 170 g/mol. The van der Waals surface area contributed by atoms with Gasteiger partial charge in [-0.25, -0.2) is 4.57 Å². The molecular formula is C8H8N3S+. The lowest BCUT2D eigenvalue weighted by atomic mass is 10.2. The van der Waals surface area contributed by atoms with Crippen molar-refractivity contribution in [2.75, 3.05) is 0 Å². The molecule has 12 heavy (non-hydrogen) atoms. The summed E-state index contributed by atoms with van der Waals surface area (Å²) in [5.74, 6) is 0. The number of aryl methyl sites for hydroxylation is 1. The van der Waals surface area contributed by atoms with Crippen molar-refractivity contribution < 1.29 is 4.57 Å². The van der Waals surface area contributed by atoms with E-state index in [2.05, 4.69) is 8.75 Å². The second-order valence-corrected chi connectivity index (χ2v) is 3.11. The van der Waals surface area contributed by atoms with Crippen LogP contribution in [0.15, 0.2) is 30.7 Å². The molecule has 3 nitrogen and oxygen atoms in total. The van der Waals surface area contributed by atoms with Crippen LogP contribution in [0.25, 0.3) is 11.3 Å². The second kappa shape index (κ2) is 2.98. The van der Waals surface area contributed by atoms with Crippen LogP contribution in [0, 0.1) is 0 Å². The fourth-order valence-electron chi connectivity index (χ4n) is 1.03. The predicted octanol–water partition coefficient (Wildman–Crippen LogP) is 1.03. The molecule has 0 spiro atoms. The zero-order valence-electron chi connectivity index (χ0n) is 6.64. The molecule has 0 radical (unpaired) electrons. The van der Waals surface area contributed by atoms with E-state index in [4.69, 9.17) is 0 Å². The Bertz CT molecular complexity index is 370. The molecule has 0 aliphatic heterocycles. The average Bonchev–Trinajstić information content (AvgIpc) is 2.56. The van der Waals surface area contributed by atoms with Crippen LogP contribution in [0.3, 0.4) is 0 Å². The van der Waals surface area contributed by atoms with E-state index in [0.29, 0.717) is 0 Å². The number of hydrogen-bond acceptors (Lipinski definition) is 3. The predicted molar refractivity (Wildman–Crippen MR) is 46.5 cm³/mol. The van der Waals surface area contributed by atoms with E-state index in [1.165, 1.54) is 11.7 Å². The van der Waals surface area contributed by atoms with Crippen molar-refractivity contribution in [2.45, 2.75) is 0 Å². The Morgan fingerprint density at radius 1 is 1.50 bits per heavy atom. The number of rotatable bonds is 1. The summed E-state index contributed by atoms with van der Waals surface area (Å²) in [7, 11) is 1.99. The van der Waals surface area contributed by atoms with Crippen molar-refractivity contribution in [1.82, 2.24) is 8.75 Å². The molecule has 0 aliphatic carbocycles. The quantitative estimate of drug-likeness (QED) is 0.610. The Morgan fingerprint density at radius 3 is 3.08 bits per heavy atom. The Hall–Kier alpha value is -1.29. The van der Waals surface area contributed by atoms with Gasteiger partial charge in [0.25, 0.3) is 0 Å². The molecule has 0 aliphatic rings. The molecule has 0 N–H and O–H groups in total. The van der Waals surface area contributed by atoms with Gasteiger partial charge in [-0.15, -0.1) is 0 Å². The molecule has 0 saturated heterocycles. The minimum atomic E-state index is 0.941. The van der Waals surface area contributed by atoms with Crippen molar-refractivity contribution in [3.8, 4) is 11.3 Å². The zero-order valence-corrected chi connectivity index (χ0v) is 7.45. The van der Waals surface area contributed by atoms with Crippen molar-refractivity contribution in [1.29, 1.82) is 0 Å². The third-order valence-corrected chi connectivity index (χ3v) is 2.07. The van der Waals surface area contributed by atoms with Crippen molar-refractivity contribution in [2.24, 2.45) is 7.05 Å². The summed E-state index contributed by atoms with van der Waals surface area (Å²) in [4.78, 5) is 0. The lowest BCUT2D eigenvalue weighted by Gasteiger charge is -1.91. The summed E-state index contributed by atoms with van der Waals surface area (Å²) < 4.78 is 10.1. The molecule has 0 unspecified atom stereocenters. The highest BCUT2D eigenvalue weighted by Crippen LogP contribution is 2.13. The van der Waals surface area contributed by atoms with Crippen LogP contribution >= 0.6 is 11.7 Å². The largest absolute Gasteiger partial charge is 0.207 e. The first-order chi connectivity index (χ1) is 5.86. The van der Waals surface area contributed by atoms with Crippen molar-refractivity contribution >= 4 is 11.7 Å². The van der Waals surface area contributed by atoms with Gasteiger partial charge in [0.1, 0.15) is 12.7 Å². The highest BCUT2D eigenvalue weighted by Gasteiger charge is 2.03. The van der Waals surface area contributed by atoms with E-state index < -0.39 is 0 Å². The Morgan fingerprint density at radius 2 is 2.42 bits per heavy atom. The van der Waals surface area contributed by atoms with Crippen molar-refractivity contribution in [3.05, 3.63) is 30.7 Å². The average molecular weight is 178 g/mol. The normalized spacial score (nSPS) is 10.1. The molecule has 60 valence electrons. The van der Waals surface area contributed by atoms with E-state index in [9.17, 15) is 0 Å². The van der Waals surface area contributed by atoms with Crippen LogP contribution in [0.1, 0.15) is 0 Å². The molecule has 2 rings (SSSR count). The van der Waals surface area contributed by atoms with Crippen molar-refractivity contribution in [3.63, 3.8) is 0 Å². The first kappa shape index (κ1) is 7.36. The van der Waals surface area contributed by atoms with Crippen LogP contribution in [-0.2, 0) is 7.05 Å². The molecule has 2 aromatic rings. The molecule has 0 atom stereocenters. The maximum Gasteiger partial charge on any atom is 0.178 e. The third-order valence-electron chi connectivity index (χ3n) is 1.60. The van der Waals surface area contributed by atoms with E-state index in [1.54, 1.807) is 6.20 Å². The van der Waals surface area contributed by atoms with Gasteiger partial charge in [0.15, 0.2) is 12.4 Å². The van der Waals surface area contributed by atoms with Crippen LogP contribution in [0.5, 0.6) is 0 Å². The van der Waals surface area contributed by atoms with Gasteiger partial charge in [0.2, 0.25) is 0 Å². The monoisotopic (exact) mass is 178 g/mol. The number of aromatic nitrogens is 3. The molecule has 0 fully saturated rings. The molecule has 0 bridgehead atoms. The standard InChI is InChI=1S/C8H8N3S/c1-11-4-2-3-7(6-11)8-5-9-12-10-8/h2-6H,1H3/q+1. The summed E-state index contributed by atoms with van der Waals surface area (Å²) in [6, 6.07) is 4.02. The fourth-order valence-corrected chi connectivity index (χ4v) is 1.47. The van der Waals surface area contributed by atoms with E-state index in [1.807, 2.05) is 36.1 Å². The van der Waals surface area contributed by atoms with Gasteiger partial charge in [0.05, 0.1) is 23.5 Å². The Kier molecular flexibility index (Phi) is 1.83. The molecule has 0 amide bonds. The first-order valence-corrected chi connectivity index (χ1v) is 4.32. The van der Waals surface area contributed by atoms with Gasteiger partial charge >= 0.3 is 0 Å². The second-order valence-electron chi connectivity index (χ2n) is 2.55. The van der Waals surface area contributed by atoms with E-state index >= 15 is 0 Å². The Labute approximate surface area is 74.6 Å². The molecule has 4 heteroatoms. The molecule has 2 heterocycles. The van der Waals surface area contributed by atoms with Crippen LogP contribution in [-0.4, -0.2) is 8.75 Å². The van der Waals surface area contributed by atoms with E-state index in [0.717, 1.165) is 11.3 Å². The first-order valence-electron chi connectivity index (χ1n) is 3.59. The van der Waals surface area contributed by atoms with Gasteiger partial charge in [-0.05, 0) is 6.07 Å². The van der Waals surface area contributed by atoms with Gasteiger partial charge < -0.3 is 0 Å². The van der Waals surface area contributed by atoms with Crippen LogP contribution in [0.2, 0.25) is 0 Å². The van der Waals surface area contributed by atoms with E-state index in [-0.39, 0.29) is 0 Å². The zero-order chi connectivity index (χ0) is 8.39. The smallest absolute Gasteiger partial charge is 0.178 e. The fraction of sp³-hybridized carbons (Fsp3) is 0.125. The number of hydrogen-bond donors (Lipinski definition) is 0. The third kappa shape index (κ3) is 1.33. The summed E-state index contributed by atoms with van der Waals surface area (Å²) in [6.07, 6.45) is 5.79. The molecule has 0 aromatic carbocycles. The van der Waals surface area contributed by atoms with Gasteiger partial charge in [-0.2, -0.15) is 8.75 Å². The molecule has 2 aromatic heterocycles. The summed E-state index contributed by atoms with van der Waals surface area (Å²) in [6.45, 7) is 0. The molecule has 0 saturated carbocycles. The maximum absolute atomic E-state index is 4.14. The minimum Gasteiger partial charge on any atom is -0.207 e. The maximum atomic E-state index is 4.14. The highest BCUT2D eigenvalue weighted by atomic mass is 32.1. The summed E-state index contributed by atoms with van der Waals surface area (Å²) >= 11 is 1.23. The summed E-state index contributed by atoms with van der Waals surface area (Å²) in [5, 5.41) is 0. The van der Waals surface area contributed by atoms with Crippen LogP contribution in [0.4, 0.5) is 0 Å². The van der Waals surface area contributed by atoms with Gasteiger partial charge in [-0.1, -0.05) is 0 Å². The number of pyridine rings is 1. The topological polar surface area (TPSA) is 29.7 Å². The minimum absolute atomic E-state index is 0.941. The number of nitrogens with zero attached hydrogens (tertiary/aromatic N) is 3.